The van der Waals surface area contributed by atoms with E-state index in [1.54, 1.807) is 12.1 Å². The molecule has 1 atom stereocenters. The second-order valence-corrected chi connectivity index (χ2v) is 5.77. The quantitative estimate of drug-likeness (QED) is 0.820. The molecule has 0 saturated carbocycles. The van der Waals surface area contributed by atoms with Crippen molar-refractivity contribution in [3.63, 3.8) is 0 Å². The fourth-order valence-corrected chi connectivity index (χ4v) is 3.09. The molecular formula is C18H21ClFN. The third kappa shape index (κ3) is 3.84. The molecule has 1 nitrogen and oxygen atoms in total. The first-order valence-corrected chi connectivity index (χ1v) is 7.64. The SMILES string of the molecule is CCNC(Cc1ccccc1Cl)c1c(C)cc(F)cc1C. The van der Waals surface area contributed by atoms with Gasteiger partial charge in [0.05, 0.1) is 0 Å². The number of hydrogen-bond donors (Lipinski definition) is 1. The molecule has 0 aliphatic heterocycles. The van der Waals surface area contributed by atoms with Crippen LogP contribution in [0.4, 0.5) is 4.39 Å². The summed E-state index contributed by atoms with van der Waals surface area (Å²) in [5.74, 6) is -0.179. The number of rotatable bonds is 5. The van der Waals surface area contributed by atoms with E-state index in [1.807, 2.05) is 38.1 Å². The lowest BCUT2D eigenvalue weighted by Crippen LogP contribution is -2.24. The Morgan fingerprint density at radius 2 is 1.76 bits per heavy atom. The molecule has 3 heteroatoms. The molecule has 0 aromatic heterocycles. The van der Waals surface area contributed by atoms with Gasteiger partial charge in [0.2, 0.25) is 0 Å². The van der Waals surface area contributed by atoms with Crippen LogP contribution in [0.5, 0.6) is 0 Å². The molecule has 21 heavy (non-hydrogen) atoms. The second-order valence-electron chi connectivity index (χ2n) is 5.36. The Bertz CT molecular complexity index is 601. The highest BCUT2D eigenvalue weighted by Crippen LogP contribution is 2.28. The van der Waals surface area contributed by atoms with Crippen LogP contribution < -0.4 is 5.32 Å². The van der Waals surface area contributed by atoms with Gasteiger partial charge in [0.25, 0.3) is 0 Å². The highest BCUT2D eigenvalue weighted by Gasteiger charge is 2.18. The van der Waals surface area contributed by atoms with E-state index in [-0.39, 0.29) is 11.9 Å². The van der Waals surface area contributed by atoms with Crippen LogP contribution in [0, 0.1) is 19.7 Å². The monoisotopic (exact) mass is 305 g/mol. The van der Waals surface area contributed by atoms with Gasteiger partial charge >= 0.3 is 0 Å². The molecule has 0 amide bonds. The lowest BCUT2D eigenvalue weighted by atomic mass is 9.91. The van der Waals surface area contributed by atoms with Gasteiger partial charge in [0, 0.05) is 11.1 Å². The van der Waals surface area contributed by atoms with Gasteiger partial charge in [-0.2, -0.15) is 0 Å². The fraction of sp³-hybridized carbons (Fsp3) is 0.333. The lowest BCUT2D eigenvalue weighted by Gasteiger charge is -2.23. The summed E-state index contributed by atoms with van der Waals surface area (Å²) in [6.07, 6.45) is 0.792. The summed E-state index contributed by atoms with van der Waals surface area (Å²) in [6, 6.07) is 11.2. The number of hydrogen-bond acceptors (Lipinski definition) is 1. The molecule has 0 aliphatic carbocycles. The maximum Gasteiger partial charge on any atom is 0.123 e. The average Bonchev–Trinajstić information content (AvgIpc) is 2.40. The summed E-state index contributed by atoms with van der Waals surface area (Å²) >= 11 is 6.27. The number of halogens is 2. The van der Waals surface area contributed by atoms with Crippen molar-refractivity contribution in [1.82, 2.24) is 5.32 Å². The van der Waals surface area contributed by atoms with Crippen molar-refractivity contribution >= 4 is 11.6 Å². The van der Waals surface area contributed by atoms with Crippen LogP contribution in [-0.4, -0.2) is 6.54 Å². The molecule has 0 saturated heterocycles. The van der Waals surface area contributed by atoms with E-state index in [4.69, 9.17) is 11.6 Å². The van der Waals surface area contributed by atoms with Crippen molar-refractivity contribution in [2.45, 2.75) is 33.2 Å². The van der Waals surface area contributed by atoms with Crippen LogP contribution in [0.25, 0.3) is 0 Å². The van der Waals surface area contributed by atoms with Gasteiger partial charge in [0.15, 0.2) is 0 Å². The van der Waals surface area contributed by atoms with Crippen LogP contribution in [0.3, 0.4) is 0 Å². The Morgan fingerprint density at radius 1 is 1.14 bits per heavy atom. The molecular weight excluding hydrogens is 285 g/mol. The van der Waals surface area contributed by atoms with Gasteiger partial charge in [-0.1, -0.05) is 36.7 Å². The van der Waals surface area contributed by atoms with Gasteiger partial charge in [-0.05, 0) is 67.3 Å². The zero-order valence-electron chi connectivity index (χ0n) is 12.7. The minimum atomic E-state index is -0.179. The minimum Gasteiger partial charge on any atom is -0.310 e. The summed E-state index contributed by atoms with van der Waals surface area (Å²) in [5, 5.41) is 4.27. The molecule has 112 valence electrons. The van der Waals surface area contributed by atoms with Crippen molar-refractivity contribution in [1.29, 1.82) is 0 Å². The second kappa shape index (κ2) is 7.06. The standard InChI is InChI=1S/C18H21ClFN/c1-4-21-17(11-14-7-5-6-8-16(14)19)18-12(2)9-15(20)10-13(18)3/h5-10,17,21H,4,11H2,1-3H3. The molecule has 0 fully saturated rings. The van der Waals surface area contributed by atoms with Crippen molar-refractivity contribution in [3.8, 4) is 0 Å². The van der Waals surface area contributed by atoms with E-state index >= 15 is 0 Å². The summed E-state index contributed by atoms with van der Waals surface area (Å²) in [6.45, 7) is 6.85. The minimum absolute atomic E-state index is 0.135. The van der Waals surface area contributed by atoms with Crippen molar-refractivity contribution < 1.29 is 4.39 Å². The van der Waals surface area contributed by atoms with Crippen LogP contribution in [0.1, 0.15) is 35.2 Å². The first kappa shape index (κ1) is 16.0. The Hall–Kier alpha value is -1.38. The predicted molar refractivity (Wildman–Crippen MR) is 87.4 cm³/mol. The van der Waals surface area contributed by atoms with Crippen molar-refractivity contribution in [2.75, 3.05) is 6.54 Å². The molecule has 0 bridgehead atoms. The smallest absolute Gasteiger partial charge is 0.123 e. The Kier molecular flexibility index (Phi) is 5.38. The fourth-order valence-electron chi connectivity index (χ4n) is 2.88. The lowest BCUT2D eigenvalue weighted by molar-refractivity contribution is 0.541. The van der Waals surface area contributed by atoms with E-state index in [0.717, 1.165) is 40.2 Å². The molecule has 1 N–H and O–H groups in total. The largest absolute Gasteiger partial charge is 0.310 e. The van der Waals surface area contributed by atoms with Crippen molar-refractivity contribution in [2.24, 2.45) is 0 Å². The topological polar surface area (TPSA) is 12.0 Å². The van der Waals surface area contributed by atoms with Gasteiger partial charge in [-0.25, -0.2) is 4.39 Å². The molecule has 1 unspecified atom stereocenters. The number of likely N-dealkylation sites (N-methyl/N-ethyl adjacent to an activating group) is 1. The van der Waals surface area contributed by atoms with Crippen molar-refractivity contribution in [3.05, 3.63) is 69.5 Å². The first-order valence-electron chi connectivity index (χ1n) is 7.26. The third-order valence-electron chi connectivity index (χ3n) is 3.74. The van der Waals surface area contributed by atoms with E-state index in [9.17, 15) is 4.39 Å². The summed E-state index contributed by atoms with van der Waals surface area (Å²) in [5.41, 5.74) is 4.22. The van der Waals surface area contributed by atoms with Gasteiger partial charge in [0.1, 0.15) is 5.82 Å². The van der Waals surface area contributed by atoms with Crippen LogP contribution in [-0.2, 0) is 6.42 Å². The number of aryl methyl sites for hydroxylation is 2. The molecule has 0 radical (unpaired) electrons. The van der Waals surface area contributed by atoms with E-state index < -0.39 is 0 Å². The Balaban J connectivity index is 2.38. The highest BCUT2D eigenvalue weighted by molar-refractivity contribution is 6.31. The molecule has 2 rings (SSSR count). The maximum absolute atomic E-state index is 13.5. The Labute approximate surface area is 131 Å². The van der Waals surface area contributed by atoms with E-state index in [0.29, 0.717) is 0 Å². The van der Waals surface area contributed by atoms with Gasteiger partial charge in [-0.15, -0.1) is 0 Å². The van der Waals surface area contributed by atoms with Crippen LogP contribution >= 0.6 is 11.6 Å². The number of benzene rings is 2. The van der Waals surface area contributed by atoms with Gasteiger partial charge < -0.3 is 5.32 Å². The third-order valence-corrected chi connectivity index (χ3v) is 4.11. The molecule has 2 aromatic rings. The van der Waals surface area contributed by atoms with Crippen LogP contribution in [0.15, 0.2) is 36.4 Å². The summed E-state index contributed by atoms with van der Waals surface area (Å²) < 4.78 is 13.5. The summed E-state index contributed by atoms with van der Waals surface area (Å²) in [4.78, 5) is 0. The molecule has 0 aliphatic rings. The van der Waals surface area contributed by atoms with E-state index in [2.05, 4.69) is 12.2 Å². The van der Waals surface area contributed by atoms with E-state index in [1.165, 1.54) is 0 Å². The van der Waals surface area contributed by atoms with Gasteiger partial charge in [-0.3, -0.25) is 0 Å². The molecule has 2 aromatic carbocycles. The number of nitrogens with one attached hydrogen (secondary N) is 1. The molecule has 0 heterocycles. The molecule has 0 spiro atoms. The summed E-state index contributed by atoms with van der Waals surface area (Å²) in [7, 11) is 0. The highest BCUT2D eigenvalue weighted by atomic mass is 35.5. The maximum atomic E-state index is 13.5. The normalized spacial score (nSPS) is 12.4. The zero-order chi connectivity index (χ0) is 15.4. The first-order chi connectivity index (χ1) is 10.0. The van der Waals surface area contributed by atoms with Crippen LogP contribution in [0.2, 0.25) is 5.02 Å². The Morgan fingerprint density at radius 3 is 2.33 bits per heavy atom. The zero-order valence-corrected chi connectivity index (χ0v) is 13.5. The predicted octanol–water partition coefficient (Wildman–Crippen LogP) is 4.99. The average molecular weight is 306 g/mol.